The summed E-state index contributed by atoms with van der Waals surface area (Å²) < 4.78 is 11.4. The van der Waals surface area contributed by atoms with Gasteiger partial charge in [0.15, 0.2) is 6.29 Å². The summed E-state index contributed by atoms with van der Waals surface area (Å²) in [6, 6.07) is 0. The maximum Gasteiger partial charge on any atom is 0.169 e. The van der Waals surface area contributed by atoms with E-state index < -0.39 is 0 Å². The van der Waals surface area contributed by atoms with Gasteiger partial charge in [0.1, 0.15) is 0 Å². The largest absolute Gasteiger partial charge is 0.352 e. The van der Waals surface area contributed by atoms with Crippen molar-refractivity contribution in [1.29, 1.82) is 0 Å². The van der Waals surface area contributed by atoms with Crippen molar-refractivity contribution < 1.29 is 9.47 Å². The molecule has 1 unspecified atom stereocenters. The quantitative estimate of drug-likeness (QED) is 0.667. The third-order valence-corrected chi connectivity index (χ3v) is 4.35. The maximum atomic E-state index is 5.49. The van der Waals surface area contributed by atoms with E-state index in [9.17, 15) is 0 Å². The predicted molar refractivity (Wildman–Crippen MR) is 70.0 cm³/mol. The van der Waals surface area contributed by atoms with E-state index in [0.29, 0.717) is 18.0 Å². The van der Waals surface area contributed by atoms with Crippen molar-refractivity contribution in [2.75, 3.05) is 32.1 Å². The van der Waals surface area contributed by atoms with E-state index in [-0.39, 0.29) is 6.29 Å². The van der Waals surface area contributed by atoms with Crippen LogP contribution in [-0.4, -0.2) is 43.1 Å². The Hall–Kier alpha value is 0.230. The fourth-order valence-corrected chi connectivity index (χ4v) is 3.24. The van der Waals surface area contributed by atoms with Crippen LogP contribution in [0.3, 0.4) is 0 Å². The first-order chi connectivity index (χ1) is 7.70. The zero-order chi connectivity index (χ0) is 11.9. The second-order valence-electron chi connectivity index (χ2n) is 4.37. The molecule has 0 amide bonds. The smallest absolute Gasteiger partial charge is 0.169 e. The van der Waals surface area contributed by atoms with Crippen LogP contribution in [-0.2, 0) is 9.47 Å². The molecule has 0 aliphatic carbocycles. The highest BCUT2D eigenvalue weighted by molar-refractivity contribution is 8.00. The molecule has 1 rings (SSSR count). The van der Waals surface area contributed by atoms with Gasteiger partial charge in [0.05, 0.1) is 0 Å². The minimum Gasteiger partial charge on any atom is -0.352 e. The molecule has 1 N–H and O–H groups in total. The average Bonchev–Trinajstić information content (AvgIpc) is 2.66. The molecular formula is C12H25NO2S. The molecule has 0 radical (unpaired) electrons. The number of ether oxygens (including phenoxy) is 2. The molecule has 96 valence electrons. The summed E-state index contributed by atoms with van der Waals surface area (Å²) in [5.41, 5.74) is 0. The molecular weight excluding hydrogens is 222 g/mol. The molecule has 1 aliphatic heterocycles. The van der Waals surface area contributed by atoms with Crippen LogP contribution < -0.4 is 5.32 Å². The molecule has 0 aromatic heterocycles. The Bertz CT molecular complexity index is 178. The number of thioether (sulfide) groups is 1. The first kappa shape index (κ1) is 14.3. The molecule has 1 fully saturated rings. The molecule has 1 heterocycles. The van der Waals surface area contributed by atoms with Crippen molar-refractivity contribution >= 4 is 11.8 Å². The predicted octanol–water partition coefficient (Wildman–Crippen LogP) is 2.26. The van der Waals surface area contributed by atoms with Gasteiger partial charge < -0.3 is 14.8 Å². The molecule has 0 bridgehead atoms. The Labute approximate surface area is 104 Å². The van der Waals surface area contributed by atoms with Crippen LogP contribution in [0.25, 0.3) is 0 Å². The van der Waals surface area contributed by atoms with Gasteiger partial charge in [-0.25, -0.2) is 0 Å². The topological polar surface area (TPSA) is 30.5 Å². The van der Waals surface area contributed by atoms with Crippen molar-refractivity contribution in [2.24, 2.45) is 0 Å². The fraction of sp³-hybridized carbons (Fsp3) is 1.00. The highest BCUT2D eigenvalue weighted by Gasteiger charge is 2.29. The molecule has 0 aromatic rings. The minimum atomic E-state index is -0.0926. The second-order valence-corrected chi connectivity index (χ2v) is 6.06. The van der Waals surface area contributed by atoms with Gasteiger partial charge in [-0.3, -0.25) is 0 Å². The van der Waals surface area contributed by atoms with Gasteiger partial charge in [-0.05, 0) is 39.4 Å². The molecule has 1 saturated heterocycles. The van der Waals surface area contributed by atoms with Gasteiger partial charge in [-0.15, -0.1) is 0 Å². The molecule has 0 saturated carbocycles. The minimum absolute atomic E-state index is 0.0926. The van der Waals surface area contributed by atoms with Crippen LogP contribution in [0.5, 0.6) is 0 Å². The van der Waals surface area contributed by atoms with Crippen LogP contribution in [0.15, 0.2) is 0 Å². The summed E-state index contributed by atoms with van der Waals surface area (Å²) in [5.74, 6) is 1.30. The van der Waals surface area contributed by atoms with E-state index >= 15 is 0 Å². The highest BCUT2D eigenvalue weighted by atomic mass is 32.2. The normalized spacial score (nSPS) is 25.5. The maximum absolute atomic E-state index is 5.49. The van der Waals surface area contributed by atoms with Crippen molar-refractivity contribution in [3.63, 3.8) is 0 Å². The monoisotopic (exact) mass is 247 g/mol. The average molecular weight is 247 g/mol. The zero-order valence-electron chi connectivity index (χ0n) is 10.8. The summed E-state index contributed by atoms with van der Waals surface area (Å²) in [6.45, 7) is 9.59. The van der Waals surface area contributed by atoms with Crippen molar-refractivity contribution in [3.05, 3.63) is 0 Å². The standard InChI is InChI=1S/C12H25NO2S/c1-4-14-11(15-5-2)9-13-10-12(3)7-6-8-16-12/h11,13H,4-10H2,1-3H3. The Morgan fingerprint density at radius 1 is 1.31 bits per heavy atom. The van der Waals surface area contributed by atoms with E-state index in [0.717, 1.165) is 13.1 Å². The molecule has 16 heavy (non-hydrogen) atoms. The lowest BCUT2D eigenvalue weighted by atomic mass is 10.1. The Balaban J connectivity index is 2.16. The number of rotatable bonds is 8. The summed E-state index contributed by atoms with van der Waals surface area (Å²) in [5, 5.41) is 3.47. The van der Waals surface area contributed by atoms with Gasteiger partial charge in [0.25, 0.3) is 0 Å². The van der Waals surface area contributed by atoms with Gasteiger partial charge in [0.2, 0.25) is 0 Å². The number of hydrogen-bond acceptors (Lipinski definition) is 4. The Morgan fingerprint density at radius 2 is 2.00 bits per heavy atom. The summed E-state index contributed by atoms with van der Waals surface area (Å²) in [7, 11) is 0. The molecule has 0 aromatic carbocycles. The fourth-order valence-electron chi connectivity index (χ4n) is 1.97. The lowest BCUT2D eigenvalue weighted by Gasteiger charge is -2.25. The first-order valence-corrected chi connectivity index (χ1v) is 7.26. The lowest BCUT2D eigenvalue weighted by molar-refractivity contribution is -0.132. The summed E-state index contributed by atoms with van der Waals surface area (Å²) >= 11 is 2.08. The summed E-state index contributed by atoms with van der Waals surface area (Å²) in [6.07, 6.45) is 2.58. The zero-order valence-corrected chi connectivity index (χ0v) is 11.6. The molecule has 0 spiro atoms. The van der Waals surface area contributed by atoms with E-state index in [4.69, 9.17) is 9.47 Å². The molecule has 1 aliphatic rings. The van der Waals surface area contributed by atoms with Crippen LogP contribution in [0.1, 0.15) is 33.6 Å². The second kappa shape index (κ2) is 7.54. The van der Waals surface area contributed by atoms with Crippen LogP contribution in [0, 0.1) is 0 Å². The van der Waals surface area contributed by atoms with Crippen molar-refractivity contribution in [1.82, 2.24) is 5.32 Å². The Kier molecular flexibility index (Phi) is 6.73. The van der Waals surface area contributed by atoms with Crippen molar-refractivity contribution in [3.8, 4) is 0 Å². The Morgan fingerprint density at radius 3 is 2.50 bits per heavy atom. The molecule has 1 atom stereocenters. The SMILES string of the molecule is CCOC(CNCC1(C)CCCS1)OCC. The van der Waals surface area contributed by atoms with E-state index in [1.807, 2.05) is 13.8 Å². The third-order valence-electron chi connectivity index (χ3n) is 2.82. The number of hydrogen-bond donors (Lipinski definition) is 1. The lowest BCUT2D eigenvalue weighted by Crippen LogP contribution is -2.39. The molecule has 3 nitrogen and oxygen atoms in total. The van der Waals surface area contributed by atoms with Crippen molar-refractivity contribution in [2.45, 2.75) is 44.6 Å². The molecule has 4 heteroatoms. The van der Waals surface area contributed by atoms with E-state index in [2.05, 4.69) is 24.0 Å². The highest BCUT2D eigenvalue weighted by Crippen LogP contribution is 2.36. The van der Waals surface area contributed by atoms with E-state index in [1.165, 1.54) is 18.6 Å². The third kappa shape index (κ3) is 5.04. The van der Waals surface area contributed by atoms with Gasteiger partial charge in [-0.2, -0.15) is 11.8 Å². The first-order valence-electron chi connectivity index (χ1n) is 6.28. The van der Waals surface area contributed by atoms with Crippen LogP contribution >= 0.6 is 11.8 Å². The van der Waals surface area contributed by atoms with Crippen LogP contribution in [0.2, 0.25) is 0 Å². The summed E-state index contributed by atoms with van der Waals surface area (Å²) in [4.78, 5) is 0. The number of nitrogens with one attached hydrogen (secondary N) is 1. The van der Waals surface area contributed by atoms with Gasteiger partial charge in [-0.1, -0.05) is 0 Å². The van der Waals surface area contributed by atoms with Gasteiger partial charge in [0, 0.05) is 31.1 Å². The van der Waals surface area contributed by atoms with Gasteiger partial charge >= 0.3 is 0 Å². The van der Waals surface area contributed by atoms with E-state index in [1.54, 1.807) is 0 Å². The van der Waals surface area contributed by atoms with Crippen LogP contribution in [0.4, 0.5) is 0 Å².